The van der Waals surface area contributed by atoms with Crippen LogP contribution in [-0.4, -0.2) is 29.0 Å². The van der Waals surface area contributed by atoms with E-state index in [0.717, 1.165) is 30.2 Å². The molecular formula is C22H24N4O. The van der Waals surface area contributed by atoms with Crippen molar-refractivity contribution in [2.75, 3.05) is 23.3 Å². The van der Waals surface area contributed by atoms with Crippen LogP contribution in [0.4, 0.5) is 11.5 Å². The second-order valence-corrected chi connectivity index (χ2v) is 6.23. The summed E-state index contributed by atoms with van der Waals surface area (Å²) >= 11 is 0. The zero-order valence-corrected chi connectivity index (χ0v) is 15.9. The van der Waals surface area contributed by atoms with Crippen molar-refractivity contribution in [2.45, 2.75) is 20.8 Å². The van der Waals surface area contributed by atoms with E-state index in [-0.39, 0.29) is 5.91 Å². The highest BCUT2D eigenvalue weighted by Gasteiger charge is 2.12. The molecule has 0 aliphatic rings. The average molecular weight is 360 g/mol. The first-order valence-corrected chi connectivity index (χ1v) is 9.17. The Morgan fingerprint density at radius 3 is 2.33 bits per heavy atom. The topological polar surface area (TPSA) is 58.1 Å². The molecular weight excluding hydrogens is 336 g/mol. The molecule has 0 atom stereocenters. The largest absolute Gasteiger partial charge is 0.357 e. The lowest BCUT2D eigenvalue weighted by atomic mass is 10.1. The SMILES string of the molecule is CCN(CC)c1ccc(NC(=O)c2ccc(-c3ccccc3)nc2C)cn1. The van der Waals surface area contributed by atoms with E-state index in [1.165, 1.54) is 0 Å². The number of hydrogen-bond acceptors (Lipinski definition) is 4. The zero-order valence-electron chi connectivity index (χ0n) is 15.9. The van der Waals surface area contributed by atoms with E-state index in [2.05, 4.69) is 34.0 Å². The Morgan fingerprint density at radius 1 is 1.00 bits per heavy atom. The summed E-state index contributed by atoms with van der Waals surface area (Å²) < 4.78 is 0. The minimum atomic E-state index is -0.183. The number of hydrogen-bond donors (Lipinski definition) is 1. The van der Waals surface area contributed by atoms with Gasteiger partial charge in [0.25, 0.3) is 5.91 Å². The van der Waals surface area contributed by atoms with Crippen molar-refractivity contribution in [3.05, 3.63) is 72.1 Å². The van der Waals surface area contributed by atoms with Gasteiger partial charge in [0.1, 0.15) is 5.82 Å². The molecule has 0 aliphatic heterocycles. The molecule has 0 aliphatic carbocycles. The van der Waals surface area contributed by atoms with Gasteiger partial charge in [0.2, 0.25) is 0 Å². The first-order chi connectivity index (χ1) is 13.1. The van der Waals surface area contributed by atoms with Crippen LogP contribution in [0.1, 0.15) is 29.9 Å². The average Bonchev–Trinajstić information content (AvgIpc) is 2.70. The van der Waals surface area contributed by atoms with Gasteiger partial charge < -0.3 is 10.2 Å². The fourth-order valence-corrected chi connectivity index (χ4v) is 2.96. The Balaban J connectivity index is 1.74. The van der Waals surface area contributed by atoms with Crippen molar-refractivity contribution in [3.8, 4) is 11.3 Å². The smallest absolute Gasteiger partial charge is 0.257 e. The standard InChI is InChI=1S/C22H24N4O/c1-4-26(5-2)21-14-11-18(15-23-21)25-22(27)19-12-13-20(24-16(19)3)17-9-7-6-8-10-17/h6-15H,4-5H2,1-3H3,(H,25,27). The number of pyridine rings is 2. The lowest BCUT2D eigenvalue weighted by molar-refractivity contribution is 0.102. The van der Waals surface area contributed by atoms with Gasteiger partial charge in [0.15, 0.2) is 0 Å². The molecule has 0 spiro atoms. The van der Waals surface area contributed by atoms with E-state index >= 15 is 0 Å². The van der Waals surface area contributed by atoms with E-state index in [1.54, 1.807) is 6.20 Å². The maximum Gasteiger partial charge on any atom is 0.257 e. The number of rotatable bonds is 6. The number of aryl methyl sites for hydroxylation is 1. The van der Waals surface area contributed by atoms with Crippen molar-refractivity contribution in [1.82, 2.24) is 9.97 Å². The molecule has 0 saturated carbocycles. The van der Waals surface area contributed by atoms with Crippen LogP contribution in [0.3, 0.4) is 0 Å². The molecule has 0 saturated heterocycles. The molecule has 5 nitrogen and oxygen atoms in total. The van der Waals surface area contributed by atoms with Gasteiger partial charge in [0, 0.05) is 18.7 Å². The van der Waals surface area contributed by atoms with E-state index in [9.17, 15) is 4.79 Å². The van der Waals surface area contributed by atoms with Crippen LogP contribution in [0.2, 0.25) is 0 Å². The molecule has 1 amide bonds. The van der Waals surface area contributed by atoms with Gasteiger partial charge in [-0.1, -0.05) is 30.3 Å². The highest BCUT2D eigenvalue weighted by Crippen LogP contribution is 2.20. The third kappa shape index (κ3) is 4.31. The minimum Gasteiger partial charge on any atom is -0.357 e. The quantitative estimate of drug-likeness (QED) is 0.700. The van der Waals surface area contributed by atoms with Crippen LogP contribution in [0, 0.1) is 6.92 Å². The van der Waals surface area contributed by atoms with Crippen molar-refractivity contribution in [2.24, 2.45) is 0 Å². The third-order valence-corrected chi connectivity index (χ3v) is 4.49. The van der Waals surface area contributed by atoms with E-state index in [1.807, 2.05) is 61.5 Å². The van der Waals surface area contributed by atoms with Crippen molar-refractivity contribution in [1.29, 1.82) is 0 Å². The molecule has 3 rings (SSSR count). The van der Waals surface area contributed by atoms with Crippen LogP contribution in [0.5, 0.6) is 0 Å². The van der Waals surface area contributed by atoms with Crippen LogP contribution >= 0.6 is 0 Å². The fourth-order valence-electron chi connectivity index (χ4n) is 2.96. The molecule has 1 aromatic carbocycles. The number of aromatic nitrogens is 2. The number of carbonyl (C=O) groups excluding carboxylic acids is 1. The molecule has 1 N–H and O–H groups in total. The molecule has 2 heterocycles. The summed E-state index contributed by atoms with van der Waals surface area (Å²) in [5.74, 6) is 0.722. The monoisotopic (exact) mass is 360 g/mol. The Morgan fingerprint density at radius 2 is 1.74 bits per heavy atom. The first kappa shape index (κ1) is 18.6. The van der Waals surface area contributed by atoms with E-state index in [4.69, 9.17) is 0 Å². The molecule has 138 valence electrons. The van der Waals surface area contributed by atoms with Crippen molar-refractivity contribution in [3.63, 3.8) is 0 Å². The predicted molar refractivity (Wildman–Crippen MR) is 110 cm³/mol. The first-order valence-electron chi connectivity index (χ1n) is 9.17. The zero-order chi connectivity index (χ0) is 19.2. The highest BCUT2D eigenvalue weighted by atomic mass is 16.1. The number of nitrogens with zero attached hydrogens (tertiary/aromatic N) is 3. The Bertz CT molecular complexity index is 903. The Kier molecular flexibility index (Phi) is 5.81. The number of anilines is 2. The normalized spacial score (nSPS) is 10.5. The second kappa shape index (κ2) is 8.45. The summed E-state index contributed by atoms with van der Waals surface area (Å²) in [4.78, 5) is 23.8. The minimum absolute atomic E-state index is 0.183. The Hall–Kier alpha value is -3.21. The van der Waals surface area contributed by atoms with Crippen molar-refractivity contribution >= 4 is 17.4 Å². The second-order valence-electron chi connectivity index (χ2n) is 6.23. The molecule has 3 aromatic rings. The summed E-state index contributed by atoms with van der Waals surface area (Å²) in [5, 5.41) is 2.90. The summed E-state index contributed by atoms with van der Waals surface area (Å²) in [6.07, 6.45) is 1.69. The van der Waals surface area contributed by atoms with E-state index < -0.39 is 0 Å². The van der Waals surface area contributed by atoms with Gasteiger partial charge in [-0.2, -0.15) is 0 Å². The lowest BCUT2D eigenvalue weighted by Gasteiger charge is -2.19. The predicted octanol–water partition coefficient (Wildman–Crippen LogP) is 4.55. The maximum atomic E-state index is 12.6. The Labute approximate surface area is 160 Å². The third-order valence-electron chi connectivity index (χ3n) is 4.49. The summed E-state index contributed by atoms with van der Waals surface area (Å²) in [7, 11) is 0. The van der Waals surface area contributed by atoms with Crippen LogP contribution in [0.15, 0.2) is 60.8 Å². The van der Waals surface area contributed by atoms with Gasteiger partial charge in [-0.3, -0.25) is 9.78 Å². The molecule has 0 bridgehead atoms. The molecule has 27 heavy (non-hydrogen) atoms. The summed E-state index contributed by atoms with van der Waals surface area (Å²) in [6, 6.07) is 17.4. The molecule has 2 aromatic heterocycles. The van der Waals surface area contributed by atoms with Crippen LogP contribution in [0.25, 0.3) is 11.3 Å². The molecule has 0 unspecified atom stereocenters. The van der Waals surface area contributed by atoms with Gasteiger partial charge in [0.05, 0.1) is 28.8 Å². The fraction of sp³-hybridized carbons (Fsp3) is 0.227. The maximum absolute atomic E-state index is 12.6. The van der Waals surface area contributed by atoms with Gasteiger partial charge in [-0.25, -0.2) is 4.98 Å². The highest BCUT2D eigenvalue weighted by molar-refractivity contribution is 6.05. The number of benzene rings is 1. The number of carbonyl (C=O) groups is 1. The molecule has 0 fully saturated rings. The van der Waals surface area contributed by atoms with Crippen LogP contribution < -0.4 is 10.2 Å². The number of amides is 1. The molecule has 0 radical (unpaired) electrons. The van der Waals surface area contributed by atoms with Gasteiger partial charge in [-0.15, -0.1) is 0 Å². The summed E-state index contributed by atoms with van der Waals surface area (Å²) in [6.45, 7) is 7.83. The van der Waals surface area contributed by atoms with Crippen molar-refractivity contribution < 1.29 is 4.79 Å². The van der Waals surface area contributed by atoms with Crippen LogP contribution in [-0.2, 0) is 0 Å². The van der Waals surface area contributed by atoms with E-state index in [0.29, 0.717) is 16.9 Å². The lowest BCUT2D eigenvalue weighted by Crippen LogP contribution is -2.23. The summed E-state index contributed by atoms with van der Waals surface area (Å²) in [5.41, 5.74) is 3.81. The van der Waals surface area contributed by atoms with Gasteiger partial charge in [-0.05, 0) is 45.0 Å². The van der Waals surface area contributed by atoms with Gasteiger partial charge >= 0.3 is 0 Å². The number of nitrogens with one attached hydrogen (secondary N) is 1. The molecule has 5 heteroatoms.